The maximum atomic E-state index is 11.9. The van der Waals surface area contributed by atoms with Gasteiger partial charge >= 0.3 is 5.97 Å². The van der Waals surface area contributed by atoms with Gasteiger partial charge in [0.1, 0.15) is 6.61 Å². The number of rotatable bonds is 4. The van der Waals surface area contributed by atoms with E-state index in [1.54, 1.807) is 12.3 Å². The van der Waals surface area contributed by atoms with Gasteiger partial charge in [0.05, 0.1) is 18.1 Å². The molecule has 0 saturated carbocycles. The SMILES string of the molecule is COC(=O)c1cccc2ccnc(OCc3ccccc3)c12. The van der Waals surface area contributed by atoms with Crippen LogP contribution in [-0.2, 0) is 11.3 Å². The first-order valence-corrected chi connectivity index (χ1v) is 6.92. The molecule has 2 aromatic carbocycles. The van der Waals surface area contributed by atoms with E-state index in [2.05, 4.69) is 4.98 Å². The van der Waals surface area contributed by atoms with Crippen molar-refractivity contribution in [3.63, 3.8) is 0 Å². The van der Waals surface area contributed by atoms with Crippen molar-refractivity contribution in [3.8, 4) is 5.88 Å². The molecule has 0 radical (unpaired) electrons. The van der Waals surface area contributed by atoms with Crippen molar-refractivity contribution in [2.45, 2.75) is 6.61 Å². The monoisotopic (exact) mass is 293 g/mol. The van der Waals surface area contributed by atoms with Crippen LogP contribution in [0.5, 0.6) is 5.88 Å². The summed E-state index contributed by atoms with van der Waals surface area (Å²) in [5.74, 6) is 0.0329. The predicted molar refractivity (Wildman–Crippen MR) is 83.9 cm³/mol. The van der Waals surface area contributed by atoms with Crippen LogP contribution in [0.25, 0.3) is 10.8 Å². The lowest BCUT2D eigenvalue weighted by Crippen LogP contribution is -2.04. The number of carbonyl (C=O) groups excluding carboxylic acids is 1. The lowest BCUT2D eigenvalue weighted by Gasteiger charge is -2.11. The van der Waals surface area contributed by atoms with Crippen molar-refractivity contribution in [1.82, 2.24) is 4.98 Å². The van der Waals surface area contributed by atoms with Gasteiger partial charge in [-0.2, -0.15) is 0 Å². The topological polar surface area (TPSA) is 48.4 Å². The number of benzene rings is 2. The molecule has 0 spiro atoms. The van der Waals surface area contributed by atoms with Crippen LogP contribution in [0, 0.1) is 0 Å². The number of ether oxygens (including phenoxy) is 2. The van der Waals surface area contributed by atoms with E-state index in [1.807, 2.05) is 48.5 Å². The fraction of sp³-hybridized carbons (Fsp3) is 0.111. The molecule has 0 atom stereocenters. The Bertz CT molecular complexity index is 795. The van der Waals surface area contributed by atoms with Crippen molar-refractivity contribution in [2.24, 2.45) is 0 Å². The Labute approximate surface area is 128 Å². The Morgan fingerprint density at radius 3 is 2.64 bits per heavy atom. The van der Waals surface area contributed by atoms with Crippen LogP contribution in [-0.4, -0.2) is 18.1 Å². The van der Waals surface area contributed by atoms with Crippen LogP contribution in [0.4, 0.5) is 0 Å². The van der Waals surface area contributed by atoms with E-state index in [9.17, 15) is 4.79 Å². The lowest BCUT2D eigenvalue weighted by atomic mass is 10.1. The van der Waals surface area contributed by atoms with Gasteiger partial charge in [-0.1, -0.05) is 42.5 Å². The molecule has 0 bridgehead atoms. The molecule has 1 heterocycles. The van der Waals surface area contributed by atoms with Crippen molar-refractivity contribution in [2.75, 3.05) is 7.11 Å². The van der Waals surface area contributed by atoms with E-state index in [1.165, 1.54) is 7.11 Å². The Kier molecular flexibility index (Phi) is 4.01. The second kappa shape index (κ2) is 6.26. The molecule has 22 heavy (non-hydrogen) atoms. The molecule has 0 fully saturated rings. The third-order valence-corrected chi connectivity index (χ3v) is 3.38. The first kappa shape index (κ1) is 14.1. The van der Waals surface area contributed by atoms with E-state index in [0.717, 1.165) is 10.9 Å². The Hall–Kier alpha value is -2.88. The first-order chi connectivity index (χ1) is 10.8. The number of pyridine rings is 1. The molecule has 0 aliphatic heterocycles. The summed E-state index contributed by atoms with van der Waals surface area (Å²) in [7, 11) is 1.36. The van der Waals surface area contributed by atoms with Gasteiger partial charge in [-0.3, -0.25) is 0 Å². The number of carbonyl (C=O) groups is 1. The highest BCUT2D eigenvalue weighted by Gasteiger charge is 2.15. The Morgan fingerprint density at radius 1 is 1.05 bits per heavy atom. The fourth-order valence-corrected chi connectivity index (χ4v) is 2.31. The molecule has 110 valence electrons. The van der Waals surface area contributed by atoms with E-state index in [0.29, 0.717) is 23.4 Å². The number of esters is 1. The molecule has 0 aliphatic rings. The average molecular weight is 293 g/mol. The number of fused-ring (bicyclic) bond motifs is 1. The summed E-state index contributed by atoms with van der Waals surface area (Å²) in [6.45, 7) is 0.391. The fourth-order valence-electron chi connectivity index (χ4n) is 2.31. The highest BCUT2D eigenvalue weighted by molar-refractivity contribution is 6.06. The van der Waals surface area contributed by atoms with Crippen molar-refractivity contribution in [1.29, 1.82) is 0 Å². The average Bonchev–Trinajstić information content (AvgIpc) is 2.59. The molecule has 4 nitrogen and oxygen atoms in total. The molecule has 0 aliphatic carbocycles. The van der Waals surface area contributed by atoms with Crippen molar-refractivity contribution in [3.05, 3.63) is 71.9 Å². The van der Waals surface area contributed by atoms with Gasteiger partial charge in [0, 0.05) is 6.20 Å². The molecule has 0 N–H and O–H groups in total. The van der Waals surface area contributed by atoms with Crippen LogP contribution in [0.15, 0.2) is 60.8 Å². The van der Waals surface area contributed by atoms with Crippen LogP contribution in [0.3, 0.4) is 0 Å². The van der Waals surface area contributed by atoms with Gasteiger partial charge in [0.15, 0.2) is 0 Å². The molecule has 3 rings (SSSR count). The van der Waals surface area contributed by atoms with Gasteiger partial charge in [0.25, 0.3) is 0 Å². The highest BCUT2D eigenvalue weighted by Crippen LogP contribution is 2.28. The zero-order valence-corrected chi connectivity index (χ0v) is 12.2. The smallest absolute Gasteiger partial charge is 0.338 e. The van der Waals surface area contributed by atoms with Crippen LogP contribution in [0.2, 0.25) is 0 Å². The lowest BCUT2D eigenvalue weighted by molar-refractivity contribution is 0.0602. The summed E-state index contributed by atoms with van der Waals surface area (Å²) < 4.78 is 10.7. The maximum absolute atomic E-state index is 11.9. The Balaban J connectivity index is 2.00. The zero-order valence-electron chi connectivity index (χ0n) is 12.2. The number of aromatic nitrogens is 1. The molecular formula is C18H15NO3. The molecule has 0 unspecified atom stereocenters. The largest absolute Gasteiger partial charge is 0.472 e. The predicted octanol–water partition coefficient (Wildman–Crippen LogP) is 3.60. The minimum Gasteiger partial charge on any atom is -0.472 e. The van der Waals surface area contributed by atoms with Crippen LogP contribution >= 0.6 is 0 Å². The van der Waals surface area contributed by atoms with Gasteiger partial charge in [-0.05, 0) is 23.1 Å². The van der Waals surface area contributed by atoms with Crippen LogP contribution < -0.4 is 4.74 Å². The first-order valence-electron chi connectivity index (χ1n) is 6.92. The molecule has 0 saturated heterocycles. The Morgan fingerprint density at radius 2 is 1.86 bits per heavy atom. The molecule has 4 heteroatoms. The quantitative estimate of drug-likeness (QED) is 0.690. The third kappa shape index (κ3) is 2.76. The van der Waals surface area contributed by atoms with Gasteiger partial charge in [-0.25, -0.2) is 9.78 Å². The number of hydrogen-bond acceptors (Lipinski definition) is 4. The summed E-state index contributed by atoms with van der Waals surface area (Å²) in [5.41, 5.74) is 1.49. The normalized spacial score (nSPS) is 10.4. The molecule has 1 aromatic heterocycles. The van der Waals surface area contributed by atoms with Gasteiger partial charge < -0.3 is 9.47 Å². The molecule has 3 aromatic rings. The standard InChI is InChI=1S/C18H15NO3/c1-21-18(20)15-9-5-8-14-10-11-19-17(16(14)15)22-12-13-6-3-2-4-7-13/h2-11H,12H2,1H3. The van der Waals surface area contributed by atoms with Crippen LogP contribution in [0.1, 0.15) is 15.9 Å². The van der Waals surface area contributed by atoms with E-state index < -0.39 is 5.97 Å². The second-order valence-electron chi connectivity index (χ2n) is 4.79. The van der Waals surface area contributed by atoms with E-state index >= 15 is 0 Å². The number of nitrogens with zero attached hydrogens (tertiary/aromatic N) is 1. The minimum absolute atomic E-state index is 0.391. The summed E-state index contributed by atoms with van der Waals surface area (Å²) in [6.07, 6.45) is 1.67. The van der Waals surface area contributed by atoms with Gasteiger partial charge in [0.2, 0.25) is 5.88 Å². The summed E-state index contributed by atoms with van der Waals surface area (Å²) in [6, 6.07) is 17.1. The minimum atomic E-state index is -0.400. The summed E-state index contributed by atoms with van der Waals surface area (Å²) in [4.78, 5) is 16.2. The van der Waals surface area contributed by atoms with Crippen molar-refractivity contribution < 1.29 is 14.3 Å². The molecule has 0 amide bonds. The highest BCUT2D eigenvalue weighted by atomic mass is 16.5. The number of hydrogen-bond donors (Lipinski definition) is 0. The second-order valence-corrected chi connectivity index (χ2v) is 4.79. The summed E-state index contributed by atoms with van der Waals surface area (Å²) >= 11 is 0. The molecular weight excluding hydrogens is 278 g/mol. The van der Waals surface area contributed by atoms with E-state index in [-0.39, 0.29) is 0 Å². The summed E-state index contributed by atoms with van der Waals surface area (Å²) in [5, 5.41) is 1.56. The van der Waals surface area contributed by atoms with Crippen molar-refractivity contribution >= 4 is 16.7 Å². The van der Waals surface area contributed by atoms with Gasteiger partial charge in [-0.15, -0.1) is 0 Å². The zero-order chi connectivity index (χ0) is 15.4. The number of methoxy groups -OCH3 is 1. The third-order valence-electron chi connectivity index (χ3n) is 3.38. The van der Waals surface area contributed by atoms with E-state index in [4.69, 9.17) is 9.47 Å². The maximum Gasteiger partial charge on any atom is 0.338 e.